The van der Waals surface area contributed by atoms with Crippen LogP contribution in [0.15, 0.2) is 60.2 Å². The first-order valence-electron chi connectivity index (χ1n) is 9.88. The van der Waals surface area contributed by atoms with Crippen LogP contribution < -0.4 is 10.1 Å². The number of nitrogens with one attached hydrogen (secondary N) is 1. The zero-order valence-electron chi connectivity index (χ0n) is 17.9. The molecule has 0 bridgehead atoms. The number of nitrogens with zero attached hydrogens (tertiary/aromatic N) is 1. The summed E-state index contributed by atoms with van der Waals surface area (Å²) in [7, 11) is 1.65. The Morgan fingerprint density at radius 2 is 1.62 bits per heavy atom. The molecule has 1 unspecified atom stereocenters. The van der Waals surface area contributed by atoms with E-state index in [1.54, 1.807) is 14.0 Å². The molecule has 1 atom stereocenters. The van der Waals surface area contributed by atoms with Crippen molar-refractivity contribution in [1.82, 2.24) is 10.4 Å². The molecular weight excluding hydrogens is 364 g/mol. The first kappa shape index (κ1) is 19.7. The molecule has 0 amide bonds. The van der Waals surface area contributed by atoms with E-state index in [9.17, 15) is 4.79 Å². The number of hydroxylamine groups is 2. The normalized spacial score (nSPS) is 24.9. The summed E-state index contributed by atoms with van der Waals surface area (Å²) in [4.78, 5) is 19.6. The molecule has 29 heavy (non-hydrogen) atoms. The van der Waals surface area contributed by atoms with Gasteiger partial charge in [0.25, 0.3) is 0 Å². The second-order valence-electron chi connectivity index (χ2n) is 8.76. The molecule has 2 aromatic carbocycles. The van der Waals surface area contributed by atoms with E-state index >= 15 is 0 Å². The van der Waals surface area contributed by atoms with Gasteiger partial charge in [-0.25, -0.2) is 0 Å². The average molecular weight is 392 g/mol. The van der Waals surface area contributed by atoms with Gasteiger partial charge < -0.3 is 9.57 Å². The Labute approximate surface area is 172 Å². The predicted octanol–water partition coefficient (Wildman–Crippen LogP) is 4.26. The van der Waals surface area contributed by atoms with Crippen molar-refractivity contribution in [3.8, 4) is 5.75 Å². The van der Waals surface area contributed by atoms with Crippen LogP contribution in [0.25, 0.3) is 5.76 Å². The molecule has 2 aliphatic rings. The number of carbonyl (C=O) groups is 1. The zero-order valence-corrected chi connectivity index (χ0v) is 17.9. The molecule has 0 radical (unpaired) electrons. The van der Waals surface area contributed by atoms with Crippen molar-refractivity contribution in [3.05, 3.63) is 71.3 Å². The van der Waals surface area contributed by atoms with Crippen molar-refractivity contribution in [2.24, 2.45) is 0 Å². The summed E-state index contributed by atoms with van der Waals surface area (Å²) in [5, 5.41) is 5.72. The van der Waals surface area contributed by atoms with Gasteiger partial charge in [0.05, 0.1) is 18.2 Å². The lowest BCUT2D eigenvalue weighted by Gasteiger charge is -2.39. The number of benzene rings is 2. The van der Waals surface area contributed by atoms with E-state index in [1.165, 1.54) is 0 Å². The average Bonchev–Trinajstić information content (AvgIpc) is 3.11. The molecule has 2 aliphatic heterocycles. The number of ketones is 1. The van der Waals surface area contributed by atoms with Gasteiger partial charge in [-0.1, -0.05) is 42.5 Å². The fourth-order valence-corrected chi connectivity index (χ4v) is 4.34. The largest absolute Gasteiger partial charge is 0.497 e. The van der Waals surface area contributed by atoms with Crippen molar-refractivity contribution < 1.29 is 14.4 Å². The SMILES string of the molecule is COc1ccc(C23NC(C)(C)C(C)(C)N2OC(c2ccccc2)=C3C(C)=O)cc1. The van der Waals surface area contributed by atoms with Crippen molar-refractivity contribution in [2.75, 3.05) is 7.11 Å². The molecule has 0 saturated carbocycles. The lowest BCUT2D eigenvalue weighted by Crippen LogP contribution is -2.52. The quantitative estimate of drug-likeness (QED) is 0.843. The van der Waals surface area contributed by atoms with Crippen LogP contribution >= 0.6 is 0 Å². The van der Waals surface area contributed by atoms with Crippen LogP contribution in [0, 0.1) is 0 Å². The van der Waals surface area contributed by atoms with Crippen LogP contribution in [0.2, 0.25) is 0 Å². The first-order chi connectivity index (χ1) is 13.6. The van der Waals surface area contributed by atoms with Gasteiger partial charge in [0.15, 0.2) is 17.2 Å². The van der Waals surface area contributed by atoms with Crippen molar-refractivity contribution >= 4 is 11.5 Å². The minimum atomic E-state index is -0.893. The summed E-state index contributed by atoms with van der Waals surface area (Å²) in [6.45, 7) is 10.2. The minimum absolute atomic E-state index is 0.0248. The van der Waals surface area contributed by atoms with Gasteiger partial charge in [-0.3, -0.25) is 10.1 Å². The molecule has 0 spiro atoms. The highest BCUT2D eigenvalue weighted by molar-refractivity contribution is 6.03. The zero-order chi connectivity index (χ0) is 21.0. The highest BCUT2D eigenvalue weighted by Gasteiger charge is 2.68. The molecule has 1 N–H and O–H groups in total. The Kier molecular flexibility index (Phi) is 4.37. The molecule has 0 aliphatic carbocycles. The lowest BCUT2D eigenvalue weighted by molar-refractivity contribution is -0.178. The maximum atomic E-state index is 13.1. The van der Waals surface area contributed by atoms with Gasteiger partial charge in [0, 0.05) is 11.1 Å². The van der Waals surface area contributed by atoms with Gasteiger partial charge >= 0.3 is 0 Å². The van der Waals surface area contributed by atoms with Crippen LogP contribution in [0.5, 0.6) is 5.75 Å². The van der Waals surface area contributed by atoms with Crippen molar-refractivity contribution in [2.45, 2.75) is 51.4 Å². The van der Waals surface area contributed by atoms with Gasteiger partial charge in [-0.05, 0) is 52.3 Å². The molecular formula is C24H28N2O3. The smallest absolute Gasteiger partial charge is 0.165 e. The Bertz CT molecular complexity index is 977. The third-order valence-corrected chi connectivity index (χ3v) is 6.50. The van der Waals surface area contributed by atoms with E-state index in [2.05, 4.69) is 33.0 Å². The minimum Gasteiger partial charge on any atom is -0.497 e. The number of fused-ring (bicyclic) bond motifs is 1. The molecule has 1 saturated heterocycles. The fraction of sp³-hybridized carbons (Fsp3) is 0.375. The summed E-state index contributed by atoms with van der Waals surface area (Å²) in [5.41, 5.74) is 0.826. The number of hydrogen-bond donors (Lipinski definition) is 1. The predicted molar refractivity (Wildman–Crippen MR) is 113 cm³/mol. The summed E-state index contributed by atoms with van der Waals surface area (Å²) < 4.78 is 5.34. The molecule has 2 heterocycles. The van der Waals surface area contributed by atoms with E-state index in [-0.39, 0.29) is 11.3 Å². The van der Waals surface area contributed by atoms with E-state index < -0.39 is 11.2 Å². The second kappa shape index (κ2) is 6.44. The summed E-state index contributed by atoms with van der Waals surface area (Å²) in [6, 6.07) is 17.6. The van der Waals surface area contributed by atoms with Gasteiger partial charge in [0.2, 0.25) is 0 Å². The number of rotatable bonds is 4. The highest BCUT2D eigenvalue weighted by atomic mass is 16.7. The molecule has 5 nitrogen and oxygen atoms in total. The molecule has 0 aromatic heterocycles. The Morgan fingerprint density at radius 3 is 2.17 bits per heavy atom. The monoisotopic (exact) mass is 392 g/mol. The molecule has 1 fully saturated rings. The third-order valence-electron chi connectivity index (χ3n) is 6.50. The number of methoxy groups -OCH3 is 1. The van der Waals surface area contributed by atoms with E-state index in [0.29, 0.717) is 11.3 Å². The Balaban J connectivity index is 2.01. The van der Waals surface area contributed by atoms with Crippen LogP contribution in [0.1, 0.15) is 45.7 Å². The molecule has 4 rings (SSSR count). The van der Waals surface area contributed by atoms with Crippen molar-refractivity contribution in [3.63, 3.8) is 0 Å². The maximum Gasteiger partial charge on any atom is 0.165 e. The number of carbonyl (C=O) groups excluding carboxylic acids is 1. The standard InChI is InChI=1S/C24H28N2O3/c1-16(27)20-21(17-10-8-7-9-11-17)29-26-23(4,5)22(2,3)25-24(20,26)18-12-14-19(28-6)15-13-18/h7-15,25H,1-6H3. The number of hydrogen-bond acceptors (Lipinski definition) is 5. The molecule has 2 aromatic rings. The third kappa shape index (κ3) is 2.65. The summed E-state index contributed by atoms with van der Waals surface area (Å²) in [6.07, 6.45) is 0. The molecule has 5 heteroatoms. The number of ether oxygens (including phenoxy) is 1. The van der Waals surface area contributed by atoms with Crippen LogP contribution in [-0.2, 0) is 15.3 Å². The van der Waals surface area contributed by atoms with Crippen LogP contribution in [0.4, 0.5) is 0 Å². The van der Waals surface area contributed by atoms with Gasteiger partial charge in [-0.2, -0.15) is 0 Å². The topological polar surface area (TPSA) is 50.8 Å². The van der Waals surface area contributed by atoms with Crippen molar-refractivity contribution in [1.29, 1.82) is 0 Å². The first-order valence-corrected chi connectivity index (χ1v) is 9.88. The summed E-state index contributed by atoms with van der Waals surface area (Å²) >= 11 is 0. The van der Waals surface area contributed by atoms with Gasteiger partial charge in [0.1, 0.15) is 5.75 Å². The fourth-order valence-electron chi connectivity index (χ4n) is 4.34. The summed E-state index contributed by atoms with van der Waals surface area (Å²) in [5.74, 6) is 1.34. The van der Waals surface area contributed by atoms with E-state index in [0.717, 1.165) is 16.9 Å². The van der Waals surface area contributed by atoms with Crippen LogP contribution in [0.3, 0.4) is 0 Å². The highest BCUT2D eigenvalue weighted by Crippen LogP contribution is 2.56. The van der Waals surface area contributed by atoms with Gasteiger partial charge in [-0.15, -0.1) is 5.06 Å². The Hall–Kier alpha value is -2.63. The second-order valence-corrected chi connectivity index (χ2v) is 8.76. The maximum absolute atomic E-state index is 13.1. The number of Topliss-reactive ketones (excluding diaryl/α,β-unsaturated/α-hetero) is 1. The Morgan fingerprint density at radius 1 is 1.00 bits per heavy atom. The molecule has 152 valence electrons. The van der Waals surface area contributed by atoms with E-state index in [4.69, 9.17) is 9.57 Å². The lowest BCUT2D eigenvalue weighted by atomic mass is 9.84. The van der Waals surface area contributed by atoms with E-state index in [1.807, 2.05) is 59.7 Å². The van der Waals surface area contributed by atoms with Crippen LogP contribution in [-0.4, -0.2) is 29.0 Å².